The summed E-state index contributed by atoms with van der Waals surface area (Å²) < 4.78 is 6.27. The second kappa shape index (κ2) is 6.37. The number of aliphatic hydroxyl groups is 1. The number of hydrogen-bond donors (Lipinski definition) is 1. The highest BCUT2D eigenvalue weighted by molar-refractivity contribution is 5.53. The maximum atomic E-state index is 10.1. The second-order valence-electron chi connectivity index (χ2n) is 3.99. The first-order valence-corrected chi connectivity index (χ1v) is 4.71. The third kappa shape index (κ3) is 6.04. The van der Waals surface area contributed by atoms with E-state index in [4.69, 9.17) is 9.84 Å². The van der Waals surface area contributed by atoms with Crippen LogP contribution in [0.25, 0.3) is 0 Å². The number of rotatable bonds is 2. The molecule has 86 valence electrons. The van der Waals surface area contributed by atoms with Crippen molar-refractivity contribution in [3.05, 3.63) is 24.0 Å². The minimum absolute atomic E-state index is 0.0417. The molecular weight excluding hydrogens is 194 g/mol. The summed E-state index contributed by atoms with van der Waals surface area (Å²) in [5.41, 5.74) is 0.657. The van der Waals surface area contributed by atoms with E-state index in [-0.39, 0.29) is 12.2 Å². The molecule has 0 radical (unpaired) electrons. The molecule has 0 saturated carbocycles. The third-order valence-corrected chi connectivity index (χ3v) is 1.75. The Bertz CT molecular complexity index is 286. The van der Waals surface area contributed by atoms with Gasteiger partial charge in [-0.25, -0.2) is 0 Å². The maximum absolute atomic E-state index is 10.1. The fourth-order valence-corrected chi connectivity index (χ4v) is 0.666. The van der Waals surface area contributed by atoms with Gasteiger partial charge in [0.15, 0.2) is 0 Å². The lowest BCUT2D eigenvalue weighted by Crippen LogP contribution is -2.15. The van der Waals surface area contributed by atoms with Gasteiger partial charge in [0.25, 0.3) is 0 Å². The highest BCUT2D eigenvalue weighted by atomic mass is 16.5. The van der Waals surface area contributed by atoms with Crippen LogP contribution in [-0.2, 0) is 16.1 Å². The molecule has 0 unspecified atom stereocenters. The van der Waals surface area contributed by atoms with Crippen LogP contribution in [0.15, 0.2) is 18.3 Å². The minimum Gasteiger partial charge on any atom is -0.390 e. The first-order valence-electron chi connectivity index (χ1n) is 4.71. The van der Waals surface area contributed by atoms with Gasteiger partial charge in [-0.15, -0.1) is 0 Å². The largest absolute Gasteiger partial charge is 0.390 e. The summed E-state index contributed by atoms with van der Waals surface area (Å²) >= 11 is 0. The quantitative estimate of drug-likeness (QED) is 0.756. The van der Waals surface area contributed by atoms with Crippen LogP contribution in [0.2, 0.25) is 0 Å². The zero-order valence-corrected chi connectivity index (χ0v) is 9.73. The average molecular weight is 213 g/mol. The van der Waals surface area contributed by atoms with Gasteiger partial charge in [0.2, 0.25) is 6.41 Å². The number of methoxy groups -OCH3 is 1. The molecule has 0 aliphatic rings. The smallest absolute Gasteiger partial charge is 0.218 e. The molecule has 4 nitrogen and oxygen atoms in total. The molecule has 1 N–H and O–H groups in total. The van der Waals surface area contributed by atoms with Crippen molar-refractivity contribution in [3.63, 3.8) is 0 Å². The zero-order valence-electron chi connectivity index (χ0n) is 9.73. The first-order chi connectivity index (χ1) is 6.94. The Morgan fingerprint density at radius 2 is 2.07 bits per heavy atom. The summed E-state index contributed by atoms with van der Waals surface area (Å²) in [6.45, 7) is 5.97. The molecule has 0 aromatic carbocycles. The summed E-state index contributed by atoms with van der Waals surface area (Å²) in [4.78, 5) is 10.1. The lowest BCUT2D eigenvalue weighted by atomic mass is 10.2. The second-order valence-corrected chi connectivity index (χ2v) is 3.99. The number of nitrogens with zero attached hydrogens (tertiary/aromatic N) is 1. The summed E-state index contributed by atoms with van der Waals surface area (Å²) in [7, 11) is 1.71. The lowest BCUT2D eigenvalue weighted by Gasteiger charge is -2.14. The highest BCUT2D eigenvalue weighted by Gasteiger charge is 2.04. The molecule has 0 bridgehead atoms. The first kappa shape index (κ1) is 13.9. The van der Waals surface area contributed by atoms with E-state index in [0.717, 1.165) is 0 Å². The Morgan fingerprint density at radius 3 is 2.33 bits per heavy atom. The summed E-state index contributed by atoms with van der Waals surface area (Å²) in [5, 5.41) is 8.56. The van der Waals surface area contributed by atoms with Gasteiger partial charge in [0, 0.05) is 13.3 Å². The van der Waals surface area contributed by atoms with E-state index in [1.165, 1.54) is 4.57 Å². The van der Waals surface area contributed by atoms with Crippen molar-refractivity contribution in [2.24, 2.45) is 0 Å². The normalized spacial score (nSPS) is 10.5. The van der Waals surface area contributed by atoms with Gasteiger partial charge in [0.1, 0.15) is 0 Å². The predicted molar refractivity (Wildman–Crippen MR) is 59.3 cm³/mol. The van der Waals surface area contributed by atoms with Crippen LogP contribution in [-0.4, -0.2) is 28.8 Å². The van der Waals surface area contributed by atoms with Crippen molar-refractivity contribution in [3.8, 4) is 0 Å². The Labute approximate surface area is 90.5 Å². The molecule has 1 heterocycles. The number of aromatic nitrogens is 1. The molecule has 0 amide bonds. The number of carbonyl (C=O) groups excluding carboxylic acids is 1. The van der Waals surface area contributed by atoms with Crippen LogP contribution in [0.5, 0.6) is 0 Å². The van der Waals surface area contributed by atoms with Gasteiger partial charge < -0.3 is 9.84 Å². The van der Waals surface area contributed by atoms with E-state index in [1.807, 2.05) is 20.8 Å². The summed E-state index contributed by atoms with van der Waals surface area (Å²) in [6, 6.07) is 3.40. The molecule has 1 aromatic heterocycles. The van der Waals surface area contributed by atoms with Crippen LogP contribution in [0.1, 0.15) is 26.5 Å². The maximum Gasteiger partial charge on any atom is 0.218 e. The molecule has 4 heteroatoms. The molecule has 0 spiro atoms. The zero-order chi connectivity index (χ0) is 11.9. The standard InChI is InChI=1S/C6H7NO2.C5H12O/c8-4-6-2-1-3-7(6)5-9;1-5(2,3)6-4/h1-3,5,8H,4H2;1-4H3. The minimum atomic E-state index is -0.0915. The van der Waals surface area contributed by atoms with E-state index >= 15 is 0 Å². The Balaban J connectivity index is 0.000000288. The fraction of sp³-hybridized carbons (Fsp3) is 0.545. The summed E-state index contributed by atoms with van der Waals surface area (Å²) in [5.74, 6) is 0. The third-order valence-electron chi connectivity index (χ3n) is 1.75. The Morgan fingerprint density at radius 1 is 1.53 bits per heavy atom. The molecule has 0 aliphatic carbocycles. The molecule has 0 fully saturated rings. The van der Waals surface area contributed by atoms with Crippen molar-refractivity contribution in [1.29, 1.82) is 0 Å². The van der Waals surface area contributed by atoms with E-state index in [0.29, 0.717) is 12.1 Å². The average Bonchev–Trinajstić information content (AvgIpc) is 2.64. The van der Waals surface area contributed by atoms with Crippen LogP contribution in [0, 0.1) is 0 Å². The molecule has 15 heavy (non-hydrogen) atoms. The lowest BCUT2D eigenvalue weighted by molar-refractivity contribution is 0.0397. The highest BCUT2D eigenvalue weighted by Crippen LogP contribution is 2.02. The van der Waals surface area contributed by atoms with Crippen LogP contribution in [0.3, 0.4) is 0 Å². The van der Waals surface area contributed by atoms with Crippen molar-refractivity contribution >= 4 is 6.41 Å². The van der Waals surface area contributed by atoms with Crippen LogP contribution < -0.4 is 0 Å². The number of aliphatic hydroxyl groups excluding tert-OH is 1. The molecule has 1 aromatic rings. The van der Waals surface area contributed by atoms with Gasteiger partial charge in [-0.05, 0) is 32.9 Å². The van der Waals surface area contributed by atoms with E-state index in [2.05, 4.69) is 0 Å². The molecule has 0 aliphatic heterocycles. The van der Waals surface area contributed by atoms with Gasteiger partial charge >= 0.3 is 0 Å². The Hall–Kier alpha value is -1.13. The summed E-state index contributed by atoms with van der Waals surface area (Å²) in [6.07, 6.45) is 2.25. The number of carbonyl (C=O) groups is 1. The van der Waals surface area contributed by atoms with E-state index in [1.54, 1.807) is 25.4 Å². The van der Waals surface area contributed by atoms with Crippen molar-refractivity contribution in [2.75, 3.05) is 7.11 Å². The number of hydrogen-bond acceptors (Lipinski definition) is 3. The molecule has 0 saturated heterocycles. The van der Waals surface area contributed by atoms with Gasteiger partial charge in [-0.1, -0.05) is 0 Å². The fourth-order valence-electron chi connectivity index (χ4n) is 0.666. The Kier molecular flexibility index (Phi) is 5.89. The van der Waals surface area contributed by atoms with Crippen LogP contribution in [0.4, 0.5) is 0 Å². The van der Waals surface area contributed by atoms with E-state index in [9.17, 15) is 4.79 Å². The van der Waals surface area contributed by atoms with Gasteiger partial charge in [-0.3, -0.25) is 9.36 Å². The molecule has 1 rings (SSSR count). The van der Waals surface area contributed by atoms with E-state index < -0.39 is 0 Å². The molecule has 0 atom stereocenters. The van der Waals surface area contributed by atoms with Crippen molar-refractivity contribution in [1.82, 2.24) is 4.57 Å². The van der Waals surface area contributed by atoms with Crippen LogP contribution >= 0.6 is 0 Å². The monoisotopic (exact) mass is 213 g/mol. The topological polar surface area (TPSA) is 51.5 Å². The number of ether oxygens (including phenoxy) is 1. The van der Waals surface area contributed by atoms with Crippen molar-refractivity contribution in [2.45, 2.75) is 33.0 Å². The van der Waals surface area contributed by atoms with Gasteiger partial charge in [-0.2, -0.15) is 0 Å². The van der Waals surface area contributed by atoms with Crippen molar-refractivity contribution < 1.29 is 14.6 Å². The van der Waals surface area contributed by atoms with Gasteiger partial charge in [0.05, 0.1) is 17.9 Å². The SMILES string of the molecule is COC(C)(C)C.O=Cn1cccc1CO. The predicted octanol–water partition coefficient (Wildman–Crippen LogP) is 1.45. The molecular formula is C11H19NO3.